The number of carbonyl (C=O) groups excluding carboxylic acids is 1. The van der Waals surface area contributed by atoms with E-state index in [2.05, 4.69) is 50.1 Å². The molecule has 1 aliphatic heterocycles. The number of hydrogen-bond donors (Lipinski definition) is 1. The molecule has 31 heavy (non-hydrogen) atoms. The molecule has 0 saturated carbocycles. The van der Waals surface area contributed by atoms with Crippen molar-refractivity contribution >= 4 is 33.2 Å². The molecular formula is C24H32BrN3O3. The quantitative estimate of drug-likeness (QED) is 0.568. The molecule has 1 fully saturated rings. The molecule has 7 heteroatoms. The van der Waals surface area contributed by atoms with Crippen LogP contribution in [0.4, 0.5) is 11.4 Å². The summed E-state index contributed by atoms with van der Waals surface area (Å²) < 4.78 is 11.9. The average Bonchev–Trinajstić information content (AvgIpc) is 2.79. The van der Waals surface area contributed by atoms with Gasteiger partial charge in [0.1, 0.15) is 0 Å². The summed E-state index contributed by atoms with van der Waals surface area (Å²) in [6, 6.07) is 9.69. The van der Waals surface area contributed by atoms with E-state index in [1.807, 2.05) is 19.9 Å². The highest BCUT2D eigenvalue weighted by Gasteiger charge is 2.18. The van der Waals surface area contributed by atoms with Crippen LogP contribution in [0.1, 0.15) is 36.2 Å². The Morgan fingerprint density at radius 2 is 1.87 bits per heavy atom. The molecule has 168 valence electrons. The Hall–Kier alpha value is -2.25. The number of rotatable bonds is 8. The number of aryl methyl sites for hydroxylation is 1. The minimum atomic E-state index is -0.187. The van der Waals surface area contributed by atoms with Crippen LogP contribution in [0.25, 0.3) is 0 Å². The minimum Gasteiger partial charge on any atom is -0.493 e. The predicted molar refractivity (Wildman–Crippen MR) is 130 cm³/mol. The van der Waals surface area contributed by atoms with Gasteiger partial charge in [-0.05, 0) is 71.7 Å². The lowest BCUT2D eigenvalue weighted by Gasteiger charge is -2.35. The van der Waals surface area contributed by atoms with Crippen molar-refractivity contribution < 1.29 is 14.3 Å². The normalized spacial score (nSPS) is 14.4. The van der Waals surface area contributed by atoms with E-state index in [1.165, 1.54) is 5.69 Å². The average molecular weight is 490 g/mol. The van der Waals surface area contributed by atoms with E-state index in [4.69, 9.17) is 9.47 Å². The van der Waals surface area contributed by atoms with Crippen LogP contribution in [-0.2, 0) is 0 Å². The van der Waals surface area contributed by atoms with Crippen molar-refractivity contribution in [1.82, 2.24) is 4.90 Å². The van der Waals surface area contributed by atoms with Crippen molar-refractivity contribution in [3.8, 4) is 11.5 Å². The van der Waals surface area contributed by atoms with Crippen LogP contribution in [0, 0.1) is 6.92 Å². The highest BCUT2D eigenvalue weighted by Crippen LogP contribution is 2.37. The van der Waals surface area contributed by atoms with Crippen LogP contribution in [0.15, 0.2) is 34.8 Å². The fourth-order valence-corrected chi connectivity index (χ4v) is 4.25. The van der Waals surface area contributed by atoms with Gasteiger partial charge in [0.05, 0.1) is 18.2 Å². The summed E-state index contributed by atoms with van der Waals surface area (Å²) in [5.41, 5.74) is 3.56. The molecule has 1 aliphatic rings. The zero-order valence-corrected chi connectivity index (χ0v) is 20.4. The number of nitrogens with one attached hydrogen (secondary N) is 1. The first-order chi connectivity index (χ1) is 15.0. The summed E-state index contributed by atoms with van der Waals surface area (Å²) in [6.07, 6.45) is 0.890. The largest absolute Gasteiger partial charge is 0.493 e. The number of piperazine rings is 1. The Bertz CT molecular complexity index is 911. The van der Waals surface area contributed by atoms with Gasteiger partial charge in [-0.3, -0.25) is 4.79 Å². The summed E-state index contributed by atoms with van der Waals surface area (Å²) >= 11 is 3.51. The summed E-state index contributed by atoms with van der Waals surface area (Å²) in [5.74, 6) is 0.962. The predicted octanol–water partition coefficient (Wildman–Crippen LogP) is 4.95. The van der Waals surface area contributed by atoms with Crippen LogP contribution in [0.3, 0.4) is 0 Å². The molecule has 0 atom stereocenters. The van der Waals surface area contributed by atoms with Crippen LogP contribution in [-0.4, -0.2) is 57.2 Å². The molecule has 0 aliphatic carbocycles. The van der Waals surface area contributed by atoms with E-state index in [9.17, 15) is 4.79 Å². The number of nitrogens with zero attached hydrogens (tertiary/aromatic N) is 2. The van der Waals surface area contributed by atoms with Gasteiger partial charge in [0.15, 0.2) is 11.5 Å². The first-order valence-corrected chi connectivity index (χ1v) is 11.7. The highest BCUT2D eigenvalue weighted by molar-refractivity contribution is 9.10. The first kappa shape index (κ1) is 23.4. The second-order valence-electron chi connectivity index (χ2n) is 7.71. The molecule has 0 aromatic heterocycles. The Balaban J connectivity index is 1.72. The van der Waals surface area contributed by atoms with Crippen LogP contribution in [0.2, 0.25) is 0 Å². The third-order valence-corrected chi connectivity index (χ3v) is 6.17. The Labute approximate surface area is 193 Å². The fraction of sp³-hybridized carbons (Fsp3) is 0.458. The van der Waals surface area contributed by atoms with Crippen molar-refractivity contribution in [3.05, 3.63) is 45.9 Å². The molecule has 1 amide bonds. The number of anilines is 2. The Kier molecular flexibility index (Phi) is 8.21. The number of ether oxygens (including phenoxy) is 2. The highest BCUT2D eigenvalue weighted by atomic mass is 79.9. The maximum atomic E-state index is 12.9. The van der Waals surface area contributed by atoms with Crippen LogP contribution >= 0.6 is 15.9 Å². The monoisotopic (exact) mass is 489 g/mol. The van der Waals surface area contributed by atoms with E-state index in [0.29, 0.717) is 28.1 Å². The number of benzene rings is 2. The standard InChI is InChI=1S/C24H32BrN3O3/c1-5-13-31-23-20(25)15-18(16-22(23)30-4)24(29)26-21-8-7-19(14-17(21)3)28-11-9-27(6-2)10-12-28/h7-8,14-16H,5-6,9-13H2,1-4H3,(H,26,29). The smallest absolute Gasteiger partial charge is 0.255 e. The van der Waals surface area contributed by atoms with E-state index in [1.54, 1.807) is 19.2 Å². The van der Waals surface area contributed by atoms with Crippen LogP contribution < -0.4 is 19.7 Å². The van der Waals surface area contributed by atoms with Crippen molar-refractivity contribution in [3.63, 3.8) is 0 Å². The Morgan fingerprint density at radius 1 is 1.13 bits per heavy atom. The van der Waals surface area contributed by atoms with Gasteiger partial charge in [0, 0.05) is 43.1 Å². The maximum Gasteiger partial charge on any atom is 0.255 e. The van der Waals surface area contributed by atoms with Crippen LogP contribution in [0.5, 0.6) is 11.5 Å². The molecule has 3 rings (SSSR count). The third kappa shape index (κ3) is 5.71. The molecule has 0 bridgehead atoms. The molecule has 2 aromatic carbocycles. The maximum absolute atomic E-state index is 12.9. The van der Waals surface area contributed by atoms with Gasteiger partial charge in [-0.15, -0.1) is 0 Å². The second-order valence-corrected chi connectivity index (χ2v) is 8.57. The number of carbonyl (C=O) groups is 1. The third-order valence-electron chi connectivity index (χ3n) is 5.58. The molecule has 0 radical (unpaired) electrons. The lowest BCUT2D eigenvalue weighted by atomic mass is 10.1. The first-order valence-electron chi connectivity index (χ1n) is 10.9. The van der Waals surface area contributed by atoms with Gasteiger partial charge < -0.3 is 24.6 Å². The number of halogens is 1. The van der Waals surface area contributed by atoms with E-state index >= 15 is 0 Å². The summed E-state index contributed by atoms with van der Waals surface area (Å²) in [4.78, 5) is 17.8. The Morgan fingerprint density at radius 3 is 2.48 bits per heavy atom. The lowest BCUT2D eigenvalue weighted by molar-refractivity contribution is 0.102. The second kappa shape index (κ2) is 10.9. The molecule has 1 N–H and O–H groups in total. The molecule has 1 saturated heterocycles. The van der Waals surface area contributed by atoms with E-state index in [0.717, 1.165) is 50.4 Å². The van der Waals surface area contributed by atoms with Gasteiger partial charge in [0.25, 0.3) is 5.91 Å². The molecule has 0 unspecified atom stereocenters. The molecule has 0 spiro atoms. The van der Waals surface area contributed by atoms with Gasteiger partial charge in [-0.1, -0.05) is 13.8 Å². The summed E-state index contributed by atoms with van der Waals surface area (Å²) in [5, 5.41) is 3.03. The SMILES string of the molecule is CCCOc1c(Br)cc(C(=O)Nc2ccc(N3CCN(CC)CC3)cc2C)cc1OC. The van der Waals surface area contributed by atoms with Crippen molar-refractivity contribution in [2.75, 3.05) is 56.7 Å². The summed E-state index contributed by atoms with van der Waals surface area (Å²) in [6.45, 7) is 12.2. The summed E-state index contributed by atoms with van der Waals surface area (Å²) in [7, 11) is 1.57. The topological polar surface area (TPSA) is 54.0 Å². The van der Waals surface area contributed by atoms with Crippen molar-refractivity contribution in [2.24, 2.45) is 0 Å². The lowest BCUT2D eigenvalue weighted by Crippen LogP contribution is -2.46. The number of likely N-dealkylation sites (N-methyl/N-ethyl adjacent to an activating group) is 1. The van der Waals surface area contributed by atoms with Gasteiger partial charge in [-0.25, -0.2) is 0 Å². The molecular weight excluding hydrogens is 458 g/mol. The van der Waals surface area contributed by atoms with E-state index in [-0.39, 0.29) is 5.91 Å². The van der Waals surface area contributed by atoms with Crippen molar-refractivity contribution in [1.29, 1.82) is 0 Å². The minimum absolute atomic E-state index is 0.187. The van der Waals surface area contributed by atoms with Gasteiger partial charge >= 0.3 is 0 Å². The fourth-order valence-electron chi connectivity index (χ4n) is 3.70. The number of methoxy groups -OCH3 is 1. The zero-order chi connectivity index (χ0) is 22.4. The van der Waals surface area contributed by atoms with E-state index < -0.39 is 0 Å². The van der Waals surface area contributed by atoms with Gasteiger partial charge in [-0.2, -0.15) is 0 Å². The van der Waals surface area contributed by atoms with Crippen molar-refractivity contribution in [2.45, 2.75) is 27.2 Å². The number of amides is 1. The molecule has 1 heterocycles. The van der Waals surface area contributed by atoms with Gasteiger partial charge in [0.2, 0.25) is 0 Å². The number of hydrogen-bond acceptors (Lipinski definition) is 5. The molecule has 6 nitrogen and oxygen atoms in total. The zero-order valence-electron chi connectivity index (χ0n) is 18.8. The molecule has 2 aromatic rings.